The van der Waals surface area contributed by atoms with Crippen LogP contribution in [0.2, 0.25) is 0 Å². The molecule has 0 bridgehead atoms. The van der Waals surface area contributed by atoms with Gasteiger partial charge < -0.3 is 0 Å². The number of rotatable bonds is 1. The number of hydrogen-bond donors (Lipinski definition) is 0. The second-order valence-corrected chi connectivity index (χ2v) is 4.70. The van der Waals surface area contributed by atoms with E-state index in [4.69, 9.17) is 0 Å². The van der Waals surface area contributed by atoms with Crippen LogP contribution in [0, 0.1) is 17.6 Å². The van der Waals surface area contributed by atoms with Crippen molar-refractivity contribution in [3.63, 3.8) is 0 Å². The summed E-state index contributed by atoms with van der Waals surface area (Å²) in [7, 11) is 0. The average Bonchev–Trinajstić information content (AvgIpc) is 2.16. The first-order chi connectivity index (χ1) is 7.09. The first-order valence-electron chi connectivity index (χ1n) is 5.57. The smallest absolute Gasteiger partial charge is 0.129 e. The second-order valence-electron chi connectivity index (χ2n) is 4.70. The van der Waals surface area contributed by atoms with Gasteiger partial charge in [-0.3, -0.25) is 0 Å². The molecule has 0 fully saturated rings. The van der Waals surface area contributed by atoms with E-state index in [1.807, 2.05) is 0 Å². The molecule has 0 N–H and O–H groups in total. The zero-order chi connectivity index (χ0) is 11.0. The predicted octanol–water partition coefficient (Wildman–Crippen LogP) is 4.04. The fraction of sp³-hybridized carbons (Fsp3) is 0.538. The molecule has 1 aromatic rings. The molecule has 0 saturated heterocycles. The molecule has 1 aliphatic rings. The number of hydrogen-bond acceptors (Lipinski definition) is 0. The number of benzene rings is 1. The third-order valence-electron chi connectivity index (χ3n) is 3.34. The topological polar surface area (TPSA) is 0 Å². The quantitative estimate of drug-likeness (QED) is 0.656. The van der Waals surface area contributed by atoms with Gasteiger partial charge >= 0.3 is 0 Å². The molecule has 2 rings (SSSR count). The minimum atomic E-state index is -0.446. The molecular formula is C13H16F2. The third-order valence-corrected chi connectivity index (χ3v) is 3.34. The van der Waals surface area contributed by atoms with Crippen LogP contribution in [-0.2, 0) is 6.42 Å². The molecule has 1 aromatic carbocycles. The molecule has 0 heterocycles. The van der Waals surface area contributed by atoms with Crippen LogP contribution >= 0.6 is 0 Å². The molecule has 0 saturated carbocycles. The van der Waals surface area contributed by atoms with Crippen molar-refractivity contribution in [1.82, 2.24) is 0 Å². The van der Waals surface area contributed by atoms with Gasteiger partial charge in [-0.05, 0) is 48.3 Å². The molecule has 0 spiro atoms. The lowest BCUT2D eigenvalue weighted by Crippen LogP contribution is -2.16. The van der Waals surface area contributed by atoms with Gasteiger partial charge in [-0.15, -0.1) is 0 Å². The zero-order valence-corrected chi connectivity index (χ0v) is 9.19. The lowest BCUT2D eigenvalue weighted by Gasteiger charge is -2.28. The van der Waals surface area contributed by atoms with Crippen LogP contribution in [-0.4, -0.2) is 0 Å². The maximum absolute atomic E-state index is 13.5. The van der Waals surface area contributed by atoms with Crippen LogP contribution in [0.3, 0.4) is 0 Å². The molecule has 0 radical (unpaired) electrons. The summed E-state index contributed by atoms with van der Waals surface area (Å²) in [6, 6.07) is 2.52. The highest BCUT2D eigenvalue weighted by atomic mass is 19.1. The van der Waals surface area contributed by atoms with E-state index < -0.39 is 5.82 Å². The summed E-state index contributed by atoms with van der Waals surface area (Å²) in [5.41, 5.74) is 1.63. The summed E-state index contributed by atoms with van der Waals surface area (Å²) in [6.07, 6.45) is 2.82. The maximum atomic E-state index is 13.5. The largest absolute Gasteiger partial charge is 0.207 e. The summed E-state index contributed by atoms with van der Waals surface area (Å²) in [4.78, 5) is 0. The highest BCUT2D eigenvalue weighted by Gasteiger charge is 2.25. The average molecular weight is 210 g/mol. The SMILES string of the molecule is CC(C)C1CCCc2c(F)cc(F)cc21. The second kappa shape index (κ2) is 3.92. The van der Waals surface area contributed by atoms with Crippen molar-refractivity contribution in [2.45, 2.75) is 39.0 Å². The molecule has 82 valence electrons. The van der Waals surface area contributed by atoms with Crippen molar-refractivity contribution in [1.29, 1.82) is 0 Å². The van der Waals surface area contributed by atoms with Gasteiger partial charge in [-0.2, -0.15) is 0 Å². The molecule has 1 atom stereocenters. The molecule has 1 unspecified atom stereocenters. The first kappa shape index (κ1) is 10.6. The van der Waals surface area contributed by atoms with Crippen LogP contribution in [0.5, 0.6) is 0 Å². The van der Waals surface area contributed by atoms with Crippen LogP contribution in [0.1, 0.15) is 43.7 Å². The van der Waals surface area contributed by atoms with Crippen LogP contribution in [0.25, 0.3) is 0 Å². The van der Waals surface area contributed by atoms with Crippen LogP contribution in [0.15, 0.2) is 12.1 Å². The Bertz CT molecular complexity index is 369. The first-order valence-corrected chi connectivity index (χ1v) is 5.57. The summed E-state index contributed by atoms with van der Waals surface area (Å²) in [6.45, 7) is 4.23. The van der Waals surface area contributed by atoms with Gasteiger partial charge in [0.05, 0.1) is 0 Å². The molecule has 0 aromatic heterocycles. The third kappa shape index (κ3) is 1.90. The van der Waals surface area contributed by atoms with Crippen molar-refractivity contribution in [2.24, 2.45) is 5.92 Å². The van der Waals surface area contributed by atoms with Crippen LogP contribution in [0.4, 0.5) is 8.78 Å². The molecule has 0 aliphatic heterocycles. The predicted molar refractivity (Wildman–Crippen MR) is 56.9 cm³/mol. The Morgan fingerprint density at radius 2 is 2.00 bits per heavy atom. The normalized spacial score (nSPS) is 20.5. The van der Waals surface area contributed by atoms with E-state index in [-0.39, 0.29) is 5.82 Å². The Hall–Kier alpha value is -0.920. The van der Waals surface area contributed by atoms with Crippen LogP contribution < -0.4 is 0 Å². The number of fused-ring (bicyclic) bond motifs is 1. The van der Waals surface area contributed by atoms with E-state index in [0.717, 1.165) is 36.5 Å². The van der Waals surface area contributed by atoms with Gasteiger partial charge in [0.15, 0.2) is 0 Å². The molecule has 2 heteroatoms. The fourth-order valence-electron chi connectivity index (χ4n) is 2.56. The molecular weight excluding hydrogens is 194 g/mol. The van der Waals surface area contributed by atoms with E-state index in [1.165, 1.54) is 6.07 Å². The Morgan fingerprint density at radius 1 is 1.27 bits per heavy atom. The highest BCUT2D eigenvalue weighted by molar-refractivity contribution is 5.34. The van der Waals surface area contributed by atoms with Gasteiger partial charge in [0.1, 0.15) is 11.6 Å². The van der Waals surface area contributed by atoms with E-state index in [0.29, 0.717) is 11.8 Å². The van der Waals surface area contributed by atoms with Crippen molar-refractivity contribution in [2.75, 3.05) is 0 Å². The summed E-state index contributed by atoms with van der Waals surface area (Å²) >= 11 is 0. The van der Waals surface area contributed by atoms with Crippen molar-refractivity contribution >= 4 is 0 Å². The molecule has 0 nitrogen and oxygen atoms in total. The van der Waals surface area contributed by atoms with Gasteiger partial charge in [0.25, 0.3) is 0 Å². The van der Waals surface area contributed by atoms with Crippen molar-refractivity contribution in [3.05, 3.63) is 34.9 Å². The molecule has 15 heavy (non-hydrogen) atoms. The summed E-state index contributed by atoms with van der Waals surface area (Å²) < 4.78 is 26.7. The van der Waals surface area contributed by atoms with E-state index in [9.17, 15) is 8.78 Å². The van der Waals surface area contributed by atoms with E-state index >= 15 is 0 Å². The Labute approximate surface area is 89.3 Å². The van der Waals surface area contributed by atoms with Crippen molar-refractivity contribution in [3.8, 4) is 0 Å². The molecule has 0 amide bonds. The van der Waals surface area contributed by atoms with Gasteiger partial charge in [-0.1, -0.05) is 13.8 Å². The summed E-state index contributed by atoms with van der Waals surface area (Å²) in [5.74, 6) is -0.0432. The van der Waals surface area contributed by atoms with E-state index in [2.05, 4.69) is 13.8 Å². The Kier molecular flexibility index (Phi) is 2.76. The Balaban J connectivity index is 2.50. The fourth-order valence-corrected chi connectivity index (χ4v) is 2.56. The maximum Gasteiger partial charge on any atom is 0.129 e. The van der Waals surface area contributed by atoms with Gasteiger partial charge in [-0.25, -0.2) is 8.78 Å². The number of halogens is 2. The minimum Gasteiger partial charge on any atom is -0.207 e. The lowest BCUT2D eigenvalue weighted by molar-refractivity contribution is 0.421. The monoisotopic (exact) mass is 210 g/mol. The highest BCUT2D eigenvalue weighted by Crippen LogP contribution is 2.38. The summed E-state index contributed by atoms with van der Waals surface area (Å²) in [5, 5.41) is 0. The standard InChI is InChI=1S/C13H16F2/c1-8(2)10-4-3-5-11-12(10)6-9(14)7-13(11)15/h6-8,10H,3-5H2,1-2H3. The lowest BCUT2D eigenvalue weighted by atomic mass is 9.77. The zero-order valence-electron chi connectivity index (χ0n) is 9.19. The van der Waals surface area contributed by atoms with Gasteiger partial charge in [0, 0.05) is 6.07 Å². The van der Waals surface area contributed by atoms with E-state index in [1.54, 1.807) is 0 Å². The molecule has 1 aliphatic carbocycles. The Morgan fingerprint density at radius 3 is 2.67 bits per heavy atom. The minimum absolute atomic E-state index is 0.318. The van der Waals surface area contributed by atoms with Gasteiger partial charge in [0.2, 0.25) is 0 Å². The van der Waals surface area contributed by atoms with Crippen molar-refractivity contribution < 1.29 is 8.78 Å².